The molecule has 0 fully saturated rings. The molecule has 1 N–H and O–H groups in total. The number of halogens is 1. The van der Waals surface area contributed by atoms with Crippen LogP contribution in [0, 0.1) is 5.92 Å². The van der Waals surface area contributed by atoms with Gasteiger partial charge >= 0.3 is 5.97 Å². The molecule has 0 saturated carbocycles. The second-order valence-corrected chi connectivity index (χ2v) is 4.44. The third kappa shape index (κ3) is 6.67. The average molecular weight is 250 g/mol. The Bertz CT molecular complexity index is 231. The lowest BCUT2D eigenvalue weighted by Crippen LogP contribution is -2.42. The fourth-order valence-electron chi connectivity index (χ4n) is 1.32. The lowest BCUT2D eigenvalue weighted by atomic mass is 10.0. The minimum absolute atomic E-state index is 0.156. The minimum Gasteiger partial charge on any atom is -0.467 e. The highest BCUT2D eigenvalue weighted by Gasteiger charge is 2.21. The van der Waals surface area contributed by atoms with E-state index < -0.39 is 12.0 Å². The van der Waals surface area contributed by atoms with E-state index in [1.54, 1.807) is 0 Å². The topological polar surface area (TPSA) is 55.4 Å². The van der Waals surface area contributed by atoms with Crippen molar-refractivity contribution in [2.45, 2.75) is 39.2 Å². The van der Waals surface area contributed by atoms with Crippen molar-refractivity contribution >= 4 is 23.5 Å². The van der Waals surface area contributed by atoms with Gasteiger partial charge in [-0.15, -0.1) is 11.6 Å². The van der Waals surface area contributed by atoms with Gasteiger partial charge in [-0.3, -0.25) is 4.79 Å². The first-order valence-corrected chi connectivity index (χ1v) is 5.97. The largest absolute Gasteiger partial charge is 0.467 e. The number of ether oxygens (including phenoxy) is 1. The number of methoxy groups -OCH3 is 1. The van der Waals surface area contributed by atoms with Crippen LogP contribution in [0.15, 0.2) is 0 Å². The van der Waals surface area contributed by atoms with Gasteiger partial charge in [0.1, 0.15) is 6.04 Å². The van der Waals surface area contributed by atoms with Crippen LogP contribution >= 0.6 is 11.6 Å². The van der Waals surface area contributed by atoms with Gasteiger partial charge in [0.25, 0.3) is 0 Å². The standard InChI is InChI=1S/C11H20ClNO3/c1-8(2)7-9(11(15)16-3)13-10(14)5-4-6-12/h8-9H,4-7H2,1-3H3,(H,13,14). The molecule has 4 nitrogen and oxygen atoms in total. The Kier molecular flexibility index (Phi) is 7.99. The second kappa shape index (κ2) is 8.39. The number of hydrogen-bond acceptors (Lipinski definition) is 3. The summed E-state index contributed by atoms with van der Waals surface area (Å²) in [6, 6.07) is -0.548. The fraction of sp³-hybridized carbons (Fsp3) is 0.818. The van der Waals surface area contributed by atoms with Crippen molar-refractivity contribution in [3.63, 3.8) is 0 Å². The summed E-state index contributed by atoms with van der Waals surface area (Å²) >= 11 is 5.48. The Morgan fingerprint density at radius 3 is 2.44 bits per heavy atom. The predicted octanol–water partition coefficient (Wildman–Crippen LogP) is 1.71. The molecule has 5 heteroatoms. The second-order valence-electron chi connectivity index (χ2n) is 4.07. The first-order valence-electron chi connectivity index (χ1n) is 5.44. The maximum atomic E-state index is 11.4. The van der Waals surface area contributed by atoms with Crippen LogP contribution in [-0.4, -0.2) is 30.9 Å². The third-order valence-corrected chi connectivity index (χ3v) is 2.33. The first kappa shape index (κ1) is 15.2. The van der Waals surface area contributed by atoms with Crippen molar-refractivity contribution in [3.05, 3.63) is 0 Å². The van der Waals surface area contributed by atoms with Crippen molar-refractivity contribution in [1.29, 1.82) is 0 Å². The quantitative estimate of drug-likeness (QED) is 0.552. The summed E-state index contributed by atoms with van der Waals surface area (Å²) in [6.07, 6.45) is 1.54. The van der Waals surface area contributed by atoms with Crippen LogP contribution < -0.4 is 5.32 Å². The van der Waals surface area contributed by atoms with E-state index in [2.05, 4.69) is 10.1 Å². The summed E-state index contributed by atoms with van der Waals surface area (Å²) in [5, 5.41) is 2.66. The maximum Gasteiger partial charge on any atom is 0.328 e. The molecule has 1 unspecified atom stereocenters. The lowest BCUT2D eigenvalue weighted by molar-refractivity contribution is -0.145. The minimum atomic E-state index is -0.548. The van der Waals surface area contributed by atoms with Gasteiger partial charge in [0, 0.05) is 12.3 Å². The molecule has 0 aromatic carbocycles. The molecule has 0 radical (unpaired) electrons. The molecule has 0 aliphatic heterocycles. The van der Waals surface area contributed by atoms with Gasteiger partial charge in [-0.1, -0.05) is 13.8 Å². The number of nitrogens with one attached hydrogen (secondary N) is 1. The van der Waals surface area contributed by atoms with Gasteiger partial charge < -0.3 is 10.1 Å². The molecule has 0 aliphatic rings. The van der Waals surface area contributed by atoms with Gasteiger partial charge in [-0.2, -0.15) is 0 Å². The van der Waals surface area contributed by atoms with Gasteiger partial charge in [-0.25, -0.2) is 4.79 Å². The molecule has 0 aliphatic carbocycles. The molecule has 0 aromatic rings. The van der Waals surface area contributed by atoms with Crippen molar-refractivity contribution < 1.29 is 14.3 Å². The van der Waals surface area contributed by atoms with Crippen LogP contribution in [0.3, 0.4) is 0 Å². The summed E-state index contributed by atoms with van der Waals surface area (Å²) in [6.45, 7) is 3.97. The lowest BCUT2D eigenvalue weighted by Gasteiger charge is -2.18. The van der Waals surface area contributed by atoms with Crippen molar-refractivity contribution in [3.8, 4) is 0 Å². The van der Waals surface area contributed by atoms with Crippen LogP contribution in [0.2, 0.25) is 0 Å². The third-order valence-electron chi connectivity index (χ3n) is 2.07. The Hall–Kier alpha value is -0.770. The van der Waals surface area contributed by atoms with E-state index >= 15 is 0 Å². The van der Waals surface area contributed by atoms with Crippen LogP contribution in [0.4, 0.5) is 0 Å². The monoisotopic (exact) mass is 249 g/mol. The molecular formula is C11H20ClNO3. The van der Waals surface area contributed by atoms with Gasteiger partial charge in [0.05, 0.1) is 7.11 Å². The number of amides is 1. The Morgan fingerprint density at radius 1 is 1.38 bits per heavy atom. The highest BCUT2D eigenvalue weighted by atomic mass is 35.5. The zero-order valence-electron chi connectivity index (χ0n) is 10.1. The maximum absolute atomic E-state index is 11.4. The highest BCUT2D eigenvalue weighted by molar-refractivity contribution is 6.17. The van der Waals surface area contributed by atoms with E-state index in [1.807, 2.05) is 13.8 Å². The molecule has 0 rings (SSSR count). The van der Waals surface area contributed by atoms with Gasteiger partial charge in [0.15, 0.2) is 0 Å². The average Bonchev–Trinajstić information content (AvgIpc) is 2.23. The van der Waals surface area contributed by atoms with Crippen molar-refractivity contribution in [2.75, 3.05) is 13.0 Å². The van der Waals surface area contributed by atoms with Crippen molar-refractivity contribution in [2.24, 2.45) is 5.92 Å². The SMILES string of the molecule is COC(=O)C(CC(C)C)NC(=O)CCCCl. The molecule has 0 bridgehead atoms. The number of alkyl halides is 1. The van der Waals surface area contributed by atoms with E-state index in [0.29, 0.717) is 31.1 Å². The molecule has 16 heavy (non-hydrogen) atoms. The molecule has 1 atom stereocenters. The smallest absolute Gasteiger partial charge is 0.328 e. The van der Waals surface area contributed by atoms with E-state index in [-0.39, 0.29) is 5.91 Å². The Morgan fingerprint density at radius 2 is 2.00 bits per heavy atom. The number of hydrogen-bond donors (Lipinski definition) is 1. The van der Waals surface area contributed by atoms with Gasteiger partial charge in [-0.05, 0) is 18.8 Å². The summed E-state index contributed by atoms with van der Waals surface area (Å²) in [7, 11) is 1.32. The summed E-state index contributed by atoms with van der Waals surface area (Å²) in [5.41, 5.74) is 0. The fourth-order valence-corrected chi connectivity index (χ4v) is 1.46. The van der Waals surface area contributed by atoms with Crippen LogP contribution in [0.5, 0.6) is 0 Å². The van der Waals surface area contributed by atoms with Crippen LogP contribution in [0.25, 0.3) is 0 Å². The summed E-state index contributed by atoms with van der Waals surface area (Å²) in [5.74, 6) is 0.211. The van der Waals surface area contributed by atoms with E-state index in [4.69, 9.17) is 11.6 Å². The molecule has 0 aromatic heterocycles. The highest BCUT2D eigenvalue weighted by Crippen LogP contribution is 2.06. The van der Waals surface area contributed by atoms with Crippen LogP contribution in [0.1, 0.15) is 33.1 Å². The number of carbonyl (C=O) groups is 2. The Labute approximate surface area is 102 Å². The summed E-state index contributed by atoms with van der Waals surface area (Å²) < 4.78 is 4.64. The van der Waals surface area contributed by atoms with E-state index in [0.717, 1.165) is 0 Å². The Balaban J connectivity index is 4.19. The zero-order valence-corrected chi connectivity index (χ0v) is 10.8. The molecule has 1 amide bonds. The normalized spacial score (nSPS) is 12.3. The first-order chi connectivity index (χ1) is 7.51. The molecule has 0 saturated heterocycles. The zero-order chi connectivity index (χ0) is 12.6. The number of carbonyl (C=O) groups excluding carboxylic acids is 2. The summed E-state index contributed by atoms with van der Waals surface area (Å²) in [4.78, 5) is 22.8. The molecule has 94 valence electrons. The van der Waals surface area contributed by atoms with Crippen LogP contribution in [-0.2, 0) is 14.3 Å². The number of esters is 1. The van der Waals surface area contributed by atoms with Gasteiger partial charge in [0.2, 0.25) is 5.91 Å². The molecule has 0 spiro atoms. The van der Waals surface area contributed by atoms with E-state index in [1.165, 1.54) is 7.11 Å². The molecule has 0 heterocycles. The van der Waals surface area contributed by atoms with E-state index in [9.17, 15) is 9.59 Å². The van der Waals surface area contributed by atoms with Crippen molar-refractivity contribution in [1.82, 2.24) is 5.32 Å². The molecular weight excluding hydrogens is 230 g/mol. The number of rotatable bonds is 7. The predicted molar refractivity (Wildman–Crippen MR) is 63.4 cm³/mol.